The number of aliphatic hydroxyl groups is 1. The fourth-order valence-electron chi connectivity index (χ4n) is 5.10. The molecule has 8 heteroatoms. The summed E-state index contributed by atoms with van der Waals surface area (Å²) in [6.45, 7) is 6.15. The van der Waals surface area contributed by atoms with Crippen LogP contribution in [-0.2, 0) is 11.3 Å². The Morgan fingerprint density at radius 1 is 0.957 bits per heavy atom. The highest BCUT2D eigenvalue weighted by Gasteiger charge is 2.32. The van der Waals surface area contributed by atoms with Gasteiger partial charge in [-0.15, -0.1) is 0 Å². The lowest BCUT2D eigenvalue weighted by Gasteiger charge is -2.14. The first-order valence-electron chi connectivity index (χ1n) is 16.6. The molecule has 0 bridgehead atoms. The molecule has 1 saturated carbocycles. The van der Waals surface area contributed by atoms with Gasteiger partial charge in [0.25, 0.3) is 0 Å². The summed E-state index contributed by atoms with van der Waals surface area (Å²) in [4.78, 5) is 12.3. The number of nitrogens with two attached hydrogens (primary N) is 1. The number of carbonyl (C=O) groups is 1. The second-order valence-corrected chi connectivity index (χ2v) is 11.7. The van der Waals surface area contributed by atoms with Gasteiger partial charge in [-0.25, -0.2) is 0 Å². The molecule has 256 valence electrons. The van der Waals surface area contributed by atoms with Crippen molar-refractivity contribution in [3.05, 3.63) is 125 Å². The van der Waals surface area contributed by atoms with Crippen molar-refractivity contribution < 1.29 is 23.1 Å². The predicted molar refractivity (Wildman–Crippen MR) is 188 cm³/mol. The number of rotatable bonds is 11. The van der Waals surface area contributed by atoms with Crippen LogP contribution in [0, 0.1) is 6.92 Å². The van der Waals surface area contributed by atoms with Crippen LogP contribution in [0.15, 0.2) is 102 Å². The van der Waals surface area contributed by atoms with Crippen molar-refractivity contribution in [2.45, 2.75) is 97.0 Å². The monoisotopic (exact) mass is 651 g/mol. The lowest BCUT2D eigenvalue weighted by atomic mass is 9.98. The average Bonchev–Trinajstić information content (AvgIpc) is 3.05. The van der Waals surface area contributed by atoms with Crippen LogP contribution in [0.3, 0.4) is 0 Å². The number of carbonyl (C=O) groups excluding carboxylic acids is 1. The van der Waals surface area contributed by atoms with E-state index in [1.807, 2.05) is 37.3 Å². The molecule has 5 N–H and O–H groups in total. The number of hydrogen-bond acceptors (Lipinski definition) is 5. The molecule has 1 aliphatic rings. The van der Waals surface area contributed by atoms with Gasteiger partial charge in [0.1, 0.15) is 0 Å². The van der Waals surface area contributed by atoms with Crippen LogP contribution in [-0.4, -0.2) is 30.2 Å². The Labute approximate surface area is 279 Å². The van der Waals surface area contributed by atoms with Crippen LogP contribution >= 0.6 is 0 Å². The van der Waals surface area contributed by atoms with Crippen molar-refractivity contribution in [1.29, 1.82) is 0 Å². The Morgan fingerprint density at radius 3 is 2.17 bits per heavy atom. The summed E-state index contributed by atoms with van der Waals surface area (Å²) in [5, 5.41) is 14.8. The highest BCUT2D eigenvalue weighted by Crippen LogP contribution is 2.29. The SMILES string of the molecule is CC/C=C(/C=C(\Nc1cccc(CNC)c1)C(=O)CCC)C(F)(F)F.Cc1cccc(C(N)c2ccccc2)c1.OC1CCCCC1. The van der Waals surface area contributed by atoms with Gasteiger partial charge in [-0.05, 0) is 74.6 Å². The van der Waals surface area contributed by atoms with Crippen LogP contribution in [0.5, 0.6) is 0 Å². The third kappa shape index (κ3) is 15.2. The smallest absolute Gasteiger partial charge is 0.393 e. The van der Waals surface area contributed by atoms with Gasteiger partial charge in [-0.2, -0.15) is 13.2 Å². The zero-order valence-electron chi connectivity index (χ0n) is 28.2. The number of Topliss-reactive ketones (excluding diaryl/α,β-unsaturated/α-hetero) is 1. The second kappa shape index (κ2) is 21.2. The molecule has 0 amide bonds. The first-order chi connectivity index (χ1) is 22.5. The van der Waals surface area contributed by atoms with E-state index in [4.69, 9.17) is 10.8 Å². The molecular weight excluding hydrogens is 599 g/mol. The van der Waals surface area contributed by atoms with E-state index in [0.717, 1.165) is 36.1 Å². The summed E-state index contributed by atoms with van der Waals surface area (Å²) in [7, 11) is 1.81. The maximum Gasteiger partial charge on any atom is 0.416 e. The molecule has 0 saturated heterocycles. The van der Waals surface area contributed by atoms with E-state index in [9.17, 15) is 18.0 Å². The summed E-state index contributed by atoms with van der Waals surface area (Å²) in [6.07, 6.45) is 4.41. The Morgan fingerprint density at radius 2 is 1.62 bits per heavy atom. The van der Waals surface area contributed by atoms with Gasteiger partial charge in [0.15, 0.2) is 5.78 Å². The zero-order valence-corrected chi connectivity index (χ0v) is 28.2. The molecule has 0 spiro atoms. The van der Waals surface area contributed by atoms with Crippen molar-refractivity contribution in [3.8, 4) is 0 Å². The molecule has 0 aromatic heterocycles. The van der Waals surface area contributed by atoms with E-state index in [1.165, 1.54) is 30.4 Å². The normalized spacial score (nSPS) is 14.7. The van der Waals surface area contributed by atoms with Gasteiger partial charge in [-0.3, -0.25) is 4.79 Å². The Hall–Kier alpha value is -3.72. The number of hydrogen-bond donors (Lipinski definition) is 4. The molecule has 0 heterocycles. The summed E-state index contributed by atoms with van der Waals surface area (Å²) >= 11 is 0. The first kappa shape index (κ1) is 39.5. The predicted octanol–water partition coefficient (Wildman–Crippen LogP) is 9.32. The maximum atomic E-state index is 13.2. The third-order valence-corrected chi connectivity index (χ3v) is 7.55. The Kier molecular flexibility index (Phi) is 17.8. The van der Waals surface area contributed by atoms with Crippen molar-refractivity contribution in [1.82, 2.24) is 5.32 Å². The fraction of sp³-hybridized carbons (Fsp3) is 0.410. The third-order valence-electron chi connectivity index (χ3n) is 7.55. The molecule has 1 aliphatic carbocycles. The molecule has 5 nitrogen and oxygen atoms in total. The largest absolute Gasteiger partial charge is 0.416 e. The van der Waals surface area contributed by atoms with Gasteiger partial charge >= 0.3 is 6.18 Å². The van der Waals surface area contributed by atoms with Crippen LogP contribution in [0.25, 0.3) is 0 Å². The number of ketones is 1. The molecule has 3 aromatic rings. The number of nitrogens with one attached hydrogen (secondary N) is 2. The molecule has 0 aliphatic heterocycles. The number of aryl methyl sites for hydroxylation is 1. The quantitative estimate of drug-likeness (QED) is 0.123. The molecular formula is C39H52F3N3O2. The number of anilines is 1. The molecule has 47 heavy (non-hydrogen) atoms. The van der Waals surface area contributed by atoms with Gasteiger partial charge in [-0.1, -0.05) is 111 Å². The second-order valence-electron chi connectivity index (χ2n) is 11.7. The summed E-state index contributed by atoms with van der Waals surface area (Å²) in [5.74, 6) is -0.340. The van der Waals surface area contributed by atoms with Crippen LogP contribution in [0.1, 0.15) is 93.5 Å². The topological polar surface area (TPSA) is 87.4 Å². The Bertz CT molecular complexity index is 1400. The minimum absolute atomic E-state index is 0.0221. The lowest BCUT2D eigenvalue weighted by Crippen LogP contribution is -2.16. The average molecular weight is 652 g/mol. The van der Waals surface area contributed by atoms with Gasteiger partial charge < -0.3 is 21.5 Å². The van der Waals surface area contributed by atoms with Crippen LogP contribution in [0.4, 0.5) is 18.9 Å². The first-order valence-corrected chi connectivity index (χ1v) is 16.6. The fourth-order valence-corrected chi connectivity index (χ4v) is 5.10. The van der Waals surface area contributed by atoms with Crippen molar-refractivity contribution in [3.63, 3.8) is 0 Å². The number of alkyl halides is 3. The van der Waals surface area contributed by atoms with E-state index in [1.54, 1.807) is 32.2 Å². The molecule has 3 aromatic carbocycles. The highest BCUT2D eigenvalue weighted by atomic mass is 19.4. The minimum atomic E-state index is -4.50. The molecule has 1 fully saturated rings. The van der Waals surface area contributed by atoms with E-state index in [-0.39, 0.29) is 36.5 Å². The van der Waals surface area contributed by atoms with Gasteiger partial charge in [0.05, 0.1) is 23.4 Å². The van der Waals surface area contributed by atoms with Gasteiger partial charge in [0, 0.05) is 18.7 Å². The molecule has 1 unspecified atom stereocenters. The standard InChI is InChI=1S/C19H25F3N2O.C14H15N.C6H12O/c1-4-7-15(19(20,21)22)12-17(18(25)8-5-2)24-16-10-6-9-14(11-16)13-23-3;1-11-6-5-9-13(10-11)14(15)12-7-3-2-4-8-12;7-6-4-2-1-3-5-6/h6-7,9-12,23-24H,4-5,8,13H2,1-3H3;2-10,14H,15H2,1H3;6-7H,1-5H2/b15-7-,17-12-;;. The highest BCUT2D eigenvalue weighted by molar-refractivity contribution is 5.98. The van der Waals surface area contributed by atoms with Crippen LogP contribution < -0.4 is 16.4 Å². The number of allylic oxidation sites excluding steroid dienone is 4. The van der Waals surface area contributed by atoms with E-state index < -0.39 is 11.7 Å². The number of benzene rings is 3. The van der Waals surface area contributed by atoms with E-state index in [2.05, 4.69) is 47.9 Å². The van der Waals surface area contributed by atoms with Gasteiger partial charge in [0.2, 0.25) is 0 Å². The van der Waals surface area contributed by atoms with Crippen molar-refractivity contribution >= 4 is 11.5 Å². The van der Waals surface area contributed by atoms with Crippen molar-refractivity contribution in [2.24, 2.45) is 5.73 Å². The molecule has 4 rings (SSSR count). The Balaban J connectivity index is 0.000000290. The number of aliphatic hydroxyl groups excluding tert-OH is 1. The summed E-state index contributed by atoms with van der Waals surface area (Å²) < 4.78 is 39.5. The lowest BCUT2D eigenvalue weighted by molar-refractivity contribution is -0.115. The van der Waals surface area contributed by atoms with Crippen molar-refractivity contribution in [2.75, 3.05) is 12.4 Å². The zero-order chi connectivity index (χ0) is 34.7. The number of halogens is 3. The maximum absolute atomic E-state index is 13.2. The van der Waals surface area contributed by atoms with E-state index >= 15 is 0 Å². The molecule has 0 radical (unpaired) electrons. The summed E-state index contributed by atoms with van der Waals surface area (Å²) in [6, 6.07) is 25.7. The molecule has 1 atom stereocenters. The summed E-state index contributed by atoms with van der Waals surface area (Å²) in [5.41, 5.74) is 10.5. The minimum Gasteiger partial charge on any atom is -0.393 e. The van der Waals surface area contributed by atoms with Crippen LogP contribution in [0.2, 0.25) is 0 Å². The van der Waals surface area contributed by atoms with E-state index in [0.29, 0.717) is 18.7 Å².